The Hall–Kier alpha value is -3.73. The average molecular weight is 319 g/mol. The molecule has 0 spiro atoms. The Morgan fingerprint density at radius 3 is 2.46 bits per heavy atom. The molecule has 0 saturated heterocycles. The van der Waals surface area contributed by atoms with E-state index in [1.54, 1.807) is 30.5 Å². The molecule has 0 aliphatic rings. The summed E-state index contributed by atoms with van der Waals surface area (Å²) in [5.41, 5.74) is 13.3. The lowest BCUT2D eigenvalue weighted by Gasteiger charge is -2.08. The quantitative estimate of drug-likeness (QED) is 0.748. The van der Waals surface area contributed by atoms with Crippen molar-refractivity contribution in [2.75, 3.05) is 11.5 Å². The van der Waals surface area contributed by atoms with E-state index in [-0.39, 0.29) is 17.3 Å². The van der Waals surface area contributed by atoms with Gasteiger partial charge in [0.05, 0.1) is 17.6 Å². The highest BCUT2D eigenvalue weighted by Crippen LogP contribution is 2.28. The molecular formula is C16H13N7O. The fraction of sp³-hybridized carbons (Fsp3) is 0.0625. The van der Waals surface area contributed by atoms with E-state index in [9.17, 15) is 5.26 Å². The van der Waals surface area contributed by atoms with Crippen LogP contribution in [0.5, 0.6) is 11.6 Å². The molecule has 1 aromatic carbocycles. The minimum Gasteiger partial charge on any atom is -0.437 e. The number of ether oxygens (including phenoxy) is 1. The topological polar surface area (TPSA) is 137 Å². The molecule has 0 aliphatic carbocycles. The fourth-order valence-corrected chi connectivity index (χ4v) is 2.11. The van der Waals surface area contributed by atoms with Gasteiger partial charge in [-0.1, -0.05) is 0 Å². The zero-order valence-corrected chi connectivity index (χ0v) is 12.8. The number of hydrogen-bond acceptors (Lipinski definition) is 8. The number of anilines is 2. The average Bonchev–Trinajstić information content (AvgIpc) is 2.55. The first-order chi connectivity index (χ1) is 11.6. The number of hydrogen-bond donors (Lipinski definition) is 2. The highest BCUT2D eigenvalue weighted by atomic mass is 16.5. The molecule has 118 valence electrons. The van der Waals surface area contributed by atoms with Crippen molar-refractivity contribution in [2.45, 2.75) is 6.92 Å². The second kappa shape index (κ2) is 6.18. The van der Waals surface area contributed by atoms with Gasteiger partial charge in [0.25, 0.3) is 0 Å². The van der Waals surface area contributed by atoms with Crippen LogP contribution in [0.15, 0.2) is 36.7 Å². The van der Waals surface area contributed by atoms with Gasteiger partial charge in [-0.25, -0.2) is 9.97 Å². The molecule has 4 N–H and O–H groups in total. The third-order valence-electron chi connectivity index (χ3n) is 3.15. The maximum absolute atomic E-state index is 9.24. The third-order valence-corrected chi connectivity index (χ3v) is 3.15. The van der Waals surface area contributed by atoms with Crippen LogP contribution < -0.4 is 16.2 Å². The van der Waals surface area contributed by atoms with Gasteiger partial charge in [0.15, 0.2) is 0 Å². The molecule has 0 bridgehead atoms. The molecule has 24 heavy (non-hydrogen) atoms. The lowest BCUT2D eigenvalue weighted by atomic mass is 10.1. The molecule has 0 amide bonds. The largest absolute Gasteiger partial charge is 0.437 e. The van der Waals surface area contributed by atoms with Crippen LogP contribution in [0.3, 0.4) is 0 Å². The third kappa shape index (κ3) is 3.05. The molecule has 8 nitrogen and oxygen atoms in total. The van der Waals surface area contributed by atoms with Crippen LogP contribution in [0, 0.1) is 18.3 Å². The summed E-state index contributed by atoms with van der Waals surface area (Å²) in [6, 6.07) is 8.96. The van der Waals surface area contributed by atoms with Gasteiger partial charge in [0.2, 0.25) is 11.8 Å². The zero-order chi connectivity index (χ0) is 17.1. The Morgan fingerprint density at radius 2 is 1.79 bits per heavy atom. The predicted molar refractivity (Wildman–Crippen MR) is 87.9 cm³/mol. The van der Waals surface area contributed by atoms with Gasteiger partial charge >= 0.3 is 0 Å². The second-order valence-electron chi connectivity index (χ2n) is 4.93. The van der Waals surface area contributed by atoms with E-state index in [0.29, 0.717) is 22.9 Å². The number of rotatable bonds is 3. The van der Waals surface area contributed by atoms with E-state index < -0.39 is 0 Å². The number of benzene rings is 1. The summed E-state index contributed by atoms with van der Waals surface area (Å²) >= 11 is 0. The van der Waals surface area contributed by atoms with Crippen LogP contribution in [0.2, 0.25) is 0 Å². The van der Waals surface area contributed by atoms with Crippen molar-refractivity contribution in [2.24, 2.45) is 0 Å². The van der Waals surface area contributed by atoms with Crippen LogP contribution in [0.25, 0.3) is 11.3 Å². The molecule has 3 aromatic rings. The van der Waals surface area contributed by atoms with Crippen LogP contribution in [-0.4, -0.2) is 19.9 Å². The molecule has 8 heteroatoms. The molecule has 0 saturated carbocycles. The Balaban J connectivity index is 1.92. The summed E-state index contributed by atoms with van der Waals surface area (Å²) in [6.07, 6.45) is 3.17. The molecule has 0 radical (unpaired) electrons. The van der Waals surface area contributed by atoms with Gasteiger partial charge in [-0.15, -0.1) is 0 Å². The second-order valence-corrected chi connectivity index (χ2v) is 4.93. The van der Waals surface area contributed by atoms with E-state index in [2.05, 4.69) is 19.9 Å². The van der Waals surface area contributed by atoms with E-state index in [4.69, 9.17) is 16.2 Å². The van der Waals surface area contributed by atoms with E-state index >= 15 is 0 Å². The summed E-state index contributed by atoms with van der Waals surface area (Å²) in [6.45, 7) is 1.83. The maximum Gasteiger partial charge on any atom is 0.238 e. The SMILES string of the molecule is Cc1cncc(Oc2ccc(-c3nc(N)nc(N)c3C#N)cc2)n1. The molecule has 0 aliphatic heterocycles. The van der Waals surface area contributed by atoms with Crippen LogP contribution >= 0.6 is 0 Å². The first-order valence-electron chi connectivity index (χ1n) is 6.97. The summed E-state index contributed by atoms with van der Waals surface area (Å²) in [5, 5.41) is 9.24. The van der Waals surface area contributed by atoms with Crippen molar-refractivity contribution < 1.29 is 4.74 Å². The maximum atomic E-state index is 9.24. The summed E-state index contributed by atoms with van der Waals surface area (Å²) in [5.74, 6) is 1.04. The molecule has 0 fully saturated rings. The molecule has 2 heterocycles. The molecule has 2 aromatic heterocycles. The van der Waals surface area contributed by atoms with Crippen molar-refractivity contribution in [3.05, 3.63) is 47.9 Å². The van der Waals surface area contributed by atoms with Crippen molar-refractivity contribution in [1.82, 2.24) is 19.9 Å². The van der Waals surface area contributed by atoms with Crippen LogP contribution in [-0.2, 0) is 0 Å². The summed E-state index contributed by atoms with van der Waals surface area (Å²) < 4.78 is 5.63. The van der Waals surface area contributed by atoms with Gasteiger partial charge in [-0.3, -0.25) is 4.98 Å². The zero-order valence-electron chi connectivity index (χ0n) is 12.8. The van der Waals surface area contributed by atoms with Gasteiger partial charge in [0.1, 0.15) is 23.2 Å². The number of nitriles is 1. The highest BCUT2D eigenvalue weighted by molar-refractivity contribution is 5.73. The Labute approximate surface area is 137 Å². The van der Waals surface area contributed by atoms with Crippen molar-refractivity contribution in [1.29, 1.82) is 5.26 Å². The van der Waals surface area contributed by atoms with Crippen molar-refractivity contribution >= 4 is 11.8 Å². The standard InChI is InChI=1S/C16H13N7O/c1-9-7-20-8-13(21-9)24-11-4-2-10(3-5-11)14-12(6-17)15(18)23-16(19)22-14/h2-5,7-8H,1H3,(H4,18,19,22,23). The molecule has 0 atom stereocenters. The number of aromatic nitrogens is 4. The van der Waals surface area contributed by atoms with Crippen LogP contribution in [0.4, 0.5) is 11.8 Å². The van der Waals surface area contributed by atoms with Gasteiger partial charge in [-0.2, -0.15) is 10.2 Å². The lowest BCUT2D eigenvalue weighted by Crippen LogP contribution is -2.04. The smallest absolute Gasteiger partial charge is 0.238 e. The lowest BCUT2D eigenvalue weighted by molar-refractivity contribution is 0.459. The molecular weight excluding hydrogens is 306 g/mol. The van der Waals surface area contributed by atoms with Gasteiger partial charge < -0.3 is 16.2 Å². The first-order valence-corrected chi connectivity index (χ1v) is 6.97. The van der Waals surface area contributed by atoms with E-state index in [0.717, 1.165) is 5.69 Å². The number of aryl methyl sites for hydroxylation is 1. The molecule has 3 rings (SSSR count). The Bertz CT molecular complexity index is 932. The summed E-state index contributed by atoms with van der Waals surface area (Å²) in [7, 11) is 0. The molecule has 0 unspecified atom stereocenters. The van der Waals surface area contributed by atoms with E-state index in [1.807, 2.05) is 13.0 Å². The Morgan fingerprint density at radius 1 is 1.04 bits per heavy atom. The minimum absolute atomic E-state index is 0.0110. The number of nitrogen functional groups attached to an aromatic ring is 2. The number of nitrogens with zero attached hydrogens (tertiary/aromatic N) is 5. The normalized spacial score (nSPS) is 10.2. The van der Waals surface area contributed by atoms with Gasteiger partial charge in [-0.05, 0) is 31.2 Å². The first kappa shape index (κ1) is 15.2. The highest BCUT2D eigenvalue weighted by Gasteiger charge is 2.13. The van der Waals surface area contributed by atoms with Crippen LogP contribution in [0.1, 0.15) is 11.3 Å². The fourth-order valence-electron chi connectivity index (χ4n) is 2.11. The Kier molecular flexibility index (Phi) is 3.91. The number of nitrogens with two attached hydrogens (primary N) is 2. The van der Waals surface area contributed by atoms with Crippen molar-refractivity contribution in [3.8, 4) is 29.0 Å². The van der Waals surface area contributed by atoms with E-state index in [1.165, 1.54) is 6.20 Å². The summed E-state index contributed by atoms with van der Waals surface area (Å²) in [4.78, 5) is 16.1. The minimum atomic E-state index is 0.0110. The monoisotopic (exact) mass is 319 g/mol. The predicted octanol–water partition coefficient (Wildman–Crippen LogP) is 2.07. The van der Waals surface area contributed by atoms with Gasteiger partial charge in [0, 0.05) is 11.8 Å². The van der Waals surface area contributed by atoms with Crippen molar-refractivity contribution in [3.63, 3.8) is 0 Å².